The molecule has 13 heavy (non-hydrogen) atoms. The molecule has 0 aliphatic carbocycles. The maximum Gasteiger partial charge on any atom is 0.239 e. The van der Waals surface area contributed by atoms with Crippen LogP contribution >= 0.6 is 27.5 Å². The second-order valence-corrected chi connectivity index (χ2v) is 3.43. The highest BCUT2D eigenvalue weighted by atomic mass is 79.9. The molecule has 0 unspecified atom stereocenters. The second kappa shape index (κ2) is 4.58. The molecule has 5 heteroatoms. The van der Waals surface area contributed by atoms with Gasteiger partial charge in [-0.2, -0.15) is 0 Å². The molecule has 0 aliphatic heterocycles. The van der Waals surface area contributed by atoms with Crippen LogP contribution in [0.5, 0.6) is 0 Å². The number of carbonyl (C=O) groups is 1. The lowest BCUT2D eigenvalue weighted by atomic mass is 10.3. The Balaban J connectivity index is 2.87. The van der Waals surface area contributed by atoms with Gasteiger partial charge in [0.25, 0.3) is 0 Å². The number of rotatable bonds is 2. The van der Waals surface area contributed by atoms with Gasteiger partial charge in [0.2, 0.25) is 5.91 Å². The number of benzene rings is 1. The van der Waals surface area contributed by atoms with Crippen LogP contribution in [0.25, 0.3) is 0 Å². The number of carbonyl (C=O) groups excluding carboxylic acids is 1. The second-order valence-electron chi connectivity index (χ2n) is 2.31. The third-order valence-electron chi connectivity index (χ3n) is 1.32. The summed E-state index contributed by atoms with van der Waals surface area (Å²) in [5.74, 6) is -0.927. The van der Waals surface area contributed by atoms with Crippen LogP contribution < -0.4 is 5.32 Å². The summed E-state index contributed by atoms with van der Waals surface area (Å²) in [4.78, 5) is 10.9. The average molecular weight is 266 g/mol. The Kier molecular flexibility index (Phi) is 3.69. The molecule has 0 atom stereocenters. The molecule has 0 bridgehead atoms. The van der Waals surface area contributed by atoms with Gasteiger partial charge in [-0.15, -0.1) is 11.6 Å². The molecule has 1 N–H and O–H groups in total. The Hall–Kier alpha value is -0.610. The van der Waals surface area contributed by atoms with Gasteiger partial charge in [-0.1, -0.05) is 0 Å². The van der Waals surface area contributed by atoms with Crippen molar-refractivity contribution < 1.29 is 9.18 Å². The summed E-state index contributed by atoms with van der Waals surface area (Å²) in [6, 6.07) is 4.02. The summed E-state index contributed by atoms with van der Waals surface area (Å²) in [5, 5.41) is 2.44. The van der Waals surface area contributed by atoms with E-state index in [0.29, 0.717) is 10.2 Å². The van der Waals surface area contributed by atoms with Crippen molar-refractivity contribution in [1.82, 2.24) is 0 Å². The van der Waals surface area contributed by atoms with E-state index < -0.39 is 5.82 Å². The molecule has 0 spiro atoms. The highest BCUT2D eigenvalue weighted by Gasteiger charge is 2.04. The first-order valence-corrected chi connectivity index (χ1v) is 4.77. The van der Waals surface area contributed by atoms with Crippen LogP contribution in [0.15, 0.2) is 22.7 Å². The maximum atomic E-state index is 12.7. The first-order chi connectivity index (χ1) is 6.13. The van der Waals surface area contributed by atoms with Crippen molar-refractivity contribution in [2.45, 2.75) is 0 Å². The molecule has 0 aliphatic rings. The third kappa shape index (κ3) is 2.97. The summed E-state index contributed by atoms with van der Waals surface area (Å²) in [7, 11) is 0. The SMILES string of the molecule is O=C(CCl)Nc1cc(F)ccc1Br. The van der Waals surface area contributed by atoms with Crippen LogP contribution in [0, 0.1) is 5.82 Å². The molecule has 2 nitrogen and oxygen atoms in total. The smallest absolute Gasteiger partial charge is 0.239 e. The number of hydrogen-bond acceptors (Lipinski definition) is 1. The highest BCUT2D eigenvalue weighted by molar-refractivity contribution is 9.10. The van der Waals surface area contributed by atoms with Crippen LogP contribution in [0.3, 0.4) is 0 Å². The lowest BCUT2D eigenvalue weighted by molar-refractivity contribution is -0.113. The van der Waals surface area contributed by atoms with Crippen molar-refractivity contribution in [3.63, 3.8) is 0 Å². The fraction of sp³-hybridized carbons (Fsp3) is 0.125. The number of amides is 1. The van der Waals surface area contributed by atoms with Crippen molar-refractivity contribution in [2.24, 2.45) is 0 Å². The third-order valence-corrected chi connectivity index (χ3v) is 2.26. The monoisotopic (exact) mass is 265 g/mol. The van der Waals surface area contributed by atoms with Gasteiger partial charge in [-0.3, -0.25) is 4.79 Å². The largest absolute Gasteiger partial charge is 0.324 e. The predicted molar refractivity (Wildman–Crippen MR) is 53.4 cm³/mol. The summed E-state index contributed by atoms with van der Waals surface area (Å²) in [6.45, 7) is 0. The van der Waals surface area contributed by atoms with Gasteiger partial charge in [0.05, 0.1) is 5.69 Å². The minimum Gasteiger partial charge on any atom is -0.324 e. The van der Waals surface area contributed by atoms with E-state index >= 15 is 0 Å². The van der Waals surface area contributed by atoms with Gasteiger partial charge in [0, 0.05) is 4.47 Å². The van der Waals surface area contributed by atoms with Gasteiger partial charge < -0.3 is 5.32 Å². The minimum absolute atomic E-state index is 0.150. The Morgan fingerprint density at radius 2 is 2.31 bits per heavy atom. The molecular weight excluding hydrogens is 260 g/mol. The molecule has 0 saturated carbocycles. The minimum atomic E-state index is -0.409. The van der Waals surface area contributed by atoms with Crippen LogP contribution in [0.4, 0.5) is 10.1 Å². The summed E-state index contributed by atoms with van der Waals surface area (Å²) in [6.07, 6.45) is 0. The standard InChI is InChI=1S/C8H6BrClFNO/c9-6-2-1-5(11)3-7(6)12-8(13)4-10/h1-3H,4H2,(H,12,13). The normalized spacial score (nSPS) is 9.77. The van der Waals surface area contributed by atoms with Crippen LogP contribution in [-0.4, -0.2) is 11.8 Å². The zero-order valence-electron chi connectivity index (χ0n) is 6.48. The molecule has 1 amide bonds. The topological polar surface area (TPSA) is 29.1 Å². The van der Waals surface area contributed by atoms with E-state index in [2.05, 4.69) is 21.2 Å². The summed E-state index contributed by atoms with van der Waals surface area (Å²) in [5.41, 5.74) is 0.380. The number of hydrogen-bond donors (Lipinski definition) is 1. The van der Waals surface area contributed by atoms with Gasteiger partial charge in [0.15, 0.2) is 0 Å². The quantitative estimate of drug-likeness (QED) is 0.820. The van der Waals surface area contributed by atoms with E-state index in [4.69, 9.17) is 11.6 Å². The van der Waals surface area contributed by atoms with Crippen molar-refractivity contribution in [1.29, 1.82) is 0 Å². The summed E-state index contributed by atoms with van der Waals surface area (Å²) < 4.78 is 13.3. The Bertz CT molecular complexity index is 332. The van der Waals surface area contributed by atoms with Crippen molar-refractivity contribution >= 4 is 39.1 Å². The van der Waals surface area contributed by atoms with Crippen molar-refractivity contribution in [3.8, 4) is 0 Å². The average Bonchev–Trinajstić information content (AvgIpc) is 2.11. The molecule has 1 rings (SSSR count). The number of alkyl halides is 1. The predicted octanol–water partition coefficient (Wildman–Crippen LogP) is 2.77. The van der Waals surface area contributed by atoms with Crippen molar-refractivity contribution in [2.75, 3.05) is 11.2 Å². The zero-order valence-corrected chi connectivity index (χ0v) is 8.82. The zero-order chi connectivity index (χ0) is 9.84. The van der Waals surface area contributed by atoms with E-state index in [1.54, 1.807) is 0 Å². The van der Waals surface area contributed by atoms with E-state index in [-0.39, 0.29) is 11.8 Å². The van der Waals surface area contributed by atoms with Crippen LogP contribution in [0.1, 0.15) is 0 Å². The molecule has 0 radical (unpaired) electrons. The first kappa shape index (κ1) is 10.5. The summed E-state index contributed by atoms with van der Waals surface area (Å²) >= 11 is 8.44. The fourth-order valence-corrected chi connectivity index (χ4v) is 1.19. The molecule has 70 valence electrons. The Morgan fingerprint density at radius 1 is 1.62 bits per heavy atom. The van der Waals surface area contributed by atoms with E-state index in [9.17, 15) is 9.18 Å². The Morgan fingerprint density at radius 3 is 2.92 bits per heavy atom. The molecular formula is C8H6BrClFNO. The fourth-order valence-electron chi connectivity index (χ4n) is 0.777. The van der Waals surface area contributed by atoms with Gasteiger partial charge >= 0.3 is 0 Å². The Labute approximate surface area is 88.2 Å². The van der Waals surface area contributed by atoms with E-state index in [1.807, 2.05) is 0 Å². The molecule has 0 aromatic heterocycles. The number of nitrogens with one attached hydrogen (secondary N) is 1. The van der Waals surface area contributed by atoms with E-state index in [1.165, 1.54) is 18.2 Å². The first-order valence-electron chi connectivity index (χ1n) is 3.44. The van der Waals surface area contributed by atoms with Gasteiger partial charge in [-0.05, 0) is 34.1 Å². The molecule has 0 saturated heterocycles. The lowest BCUT2D eigenvalue weighted by Crippen LogP contribution is -2.12. The molecule has 1 aromatic carbocycles. The number of halogens is 3. The van der Waals surface area contributed by atoms with Crippen LogP contribution in [-0.2, 0) is 4.79 Å². The highest BCUT2D eigenvalue weighted by Crippen LogP contribution is 2.22. The lowest BCUT2D eigenvalue weighted by Gasteiger charge is -2.04. The molecule has 1 aromatic rings. The molecule has 0 heterocycles. The van der Waals surface area contributed by atoms with Gasteiger partial charge in [0.1, 0.15) is 11.7 Å². The maximum absolute atomic E-state index is 12.7. The van der Waals surface area contributed by atoms with Crippen molar-refractivity contribution in [3.05, 3.63) is 28.5 Å². The molecule has 0 fully saturated rings. The van der Waals surface area contributed by atoms with Crippen LogP contribution in [0.2, 0.25) is 0 Å². The van der Waals surface area contributed by atoms with E-state index in [0.717, 1.165) is 0 Å². The number of anilines is 1. The van der Waals surface area contributed by atoms with Gasteiger partial charge in [-0.25, -0.2) is 4.39 Å².